The van der Waals surface area contributed by atoms with Gasteiger partial charge in [0.05, 0.1) is 24.5 Å². The number of halogens is 2. The zero-order valence-electron chi connectivity index (χ0n) is 22.5. The van der Waals surface area contributed by atoms with Gasteiger partial charge in [0, 0.05) is 31.1 Å². The second-order valence-electron chi connectivity index (χ2n) is 9.20. The standard InChI is InChI=1S/C27H23F2N7O6S/c1-35-8-7-32-24(35)15-10-14(43(40)27-34-12-17(26(38)39)36(27)2)4-6-19(15)41-22-16(28)11-33-25(21(22)29)42-20-9-13(23(30)31)3-5-18(20)37/h3-6,9-12,37H,7-8H2,1-2H3,(H3,30,31)(H,38,39). The van der Waals surface area contributed by atoms with Gasteiger partial charge in [-0.2, -0.15) is 4.39 Å². The lowest BCUT2D eigenvalue weighted by atomic mass is 10.1. The zero-order chi connectivity index (χ0) is 31.0. The zero-order valence-corrected chi connectivity index (χ0v) is 23.4. The number of aromatic carboxylic acids is 1. The number of aliphatic imine (C=N–C) groups is 1. The van der Waals surface area contributed by atoms with Crippen LogP contribution in [0, 0.1) is 17.0 Å². The monoisotopic (exact) mass is 611 g/mol. The molecule has 13 nitrogen and oxygen atoms in total. The highest BCUT2D eigenvalue weighted by Gasteiger charge is 2.26. The molecular formula is C27H23F2N7O6S. The van der Waals surface area contributed by atoms with E-state index in [1.165, 1.54) is 48.0 Å². The third-order valence-electron chi connectivity index (χ3n) is 6.38. The van der Waals surface area contributed by atoms with Gasteiger partial charge in [-0.25, -0.2) is 23.4 Å². The third kappa shape index (κ3) is 5.59. The van der Waals surface area contributed by atoms with Crippen LogP contribution in [0.4, 0.5) is 8.78 Å². The van der Waals surface area contributed by atoms with Gasteiger partial charge in [0.15, 0.2) is 17.3 Å². The minimum absolute atomic E-state index is 0.0242. The molecule has 16 heteroatoms. The minimum Gasteiger partial charge on any atom is -0.504 e. The fourth-order valence-corrected chi connectivity index (χ4v) is 5.28. The Morgan fingerprint density at radius 2 is 1.86 bits per heavy atom. The summed E-state index contributed by atoms with van der Waals surface area (Å²) in [5.41, 5.74) is 5.74. The molecule has 4 aromatic rings. The average molecular weight is 612 g/mol. The molecular weight excluding hydrogens is 588 g/mol. The molecule has 1 unspecified atom stereocenters. The Labute approximate surface area is 244 Å². The first-order chi connectivity index (χ1) is 20.5. The number of phenolic OH excluding ortho intramolecular Hbond substituents is 1. The van der Waals surface area contributed by atoms with E-state index >= 15 is 4.39 Å². The Bertz CT molecular complexity index is 1840. The summed E-state index contributed by atoms with van der Waals surface area (Å²) in [6.45, 7) is 0.973. The topological polar surface area (TPSA) is 189 Å². The summed E-state index contributed by atoms with van der Waals surface area (Å²) in [4.78, 5) is 25.5. The quantitative estimate of drug-likeness (QED) is 0.162. The second-order valence-corrected chi connectivity index (χ2v) is 10.6. The number of hydrogen-bond acceptors (Lipinski definition) is 10. The first-order valence-corrected chi connectivity index (χ1v) is 13.5. The number of carboxylic acids is 1. The van der Waals surface area contributed by atoms with Crippen LogP contribution in [0.2, 0.25) is 0 Å². The summed E-state index contributed by atoms with van der Waals surface area (Å²) < 4.78 is 56.2. The van der Waals surface area contributed by atoms with Crippen molar-refractivity contribution in [1.29, 1.82) is 5.41 Å². The number of aromatic hydroxyl groups is 1. The van der Waals surface area contributed by atoms with Crippen molar-refractivity contribution < 1.29 is 37.5 Å². The molecule has 0 fully saturated rings. The van der Waals surface area contributed by atoms with Crippen molar-refractivity contribution >= 4 is 28.4 Å². The molecule has 1 aliphatic heterocycles. The number of nitrogens with two attached hydrogens (primary N) is 1. The summed E-state index contributed by atoms with van der Waals surface area (Å²) >= 11 is 0. The highest BCUT2D eigenvalue weighted by Crippen LogP contribution is 2.38. The maximum atomic E-state index is 15.6. The number of phenols is 1. The molecule has 2 aromatic carbocycles. The normalized spacial score (nSPS) is 13.5. The van der Waals surface area contributed by atoms with Gasteiger partial charge in [-0.15, -0.1) is 0 Å². The number of rotatable bonds is 9. The van der Waals surface area contributed by atoms with E-state index in [1.54, 1.807) is 11.9 Å². The molecule has 0 saturated heterocycles. The summed E-state index contributed by atoms with van der Waals surface area (Å²) in [6.07, 6.45) is 1.76. The molecule has 1 atom stereocenters. The Balaban J connectivity index is 1.53. The summed E-state index contributed by atoms with van der Waals surface area (Å²) in [7, 11) is 1.23. The number of hydrogen-bond donors (Lipinski definition) is 4. The summed E-state index contributed by atoms with van der Waals surface area (Å²) in [5, 5.41) is 27.0. The van der Waals surface area contributed by atoms with Crippen molar-refractivity contribution in [2.45, 2.75) is 10.1 Å². The van der Waals surface area contributed by atoms with E-state index in [0.29, 0.717) is 25.1 Å². The van der Waals surface area contributed by atoms with Gasteiger partial charge in [-0.05, 0) is 36.4 Å². The number of carboxylic acid groups (broad SMARTS) is 1. The van der Waals surface area contributed by atoms with Crippen LogP contribution in [0.25, 0.3) is 0 Å². The molecule has 0 saturated carbocycles. The smallest absolute Gasteiger partial charge is 0.354 e. The Hall–Kier alpha value is -5.38. The van der Waals surface area contributed by atoms with Gasteiger partial charge in [0.25, 0.3) is 5.88 Å². The van der Waals surface area contributed by atoms with Crippen LogP contribution in [0.5, 0.6) is 28.9 Å². The molecule has 3 heterocycles. The molecule has 0 spiro atoms. The molecule has 222 valence electrons. The number of nitrogens with zero attached hydrogens (tertiary/aromatic N) is 5. The molecule has 0 aliphatic carbocycles. The third-order valence-corrected chi connectivity index (χ3v) is 7.78. The molecule has 5 N–H and O–H groups in total. The fraction of sp³-hybridized carbons (Fsp3) is 0.148. The van der Waals surface area contributed by atoms with Gasteiger partial charge in [-0.1, -0.05) is 0 Å². The fourth-order valence-electron chi connectivity index (χ4n) is 4.16. The van der Waals surface area contributed by atoms with Crippen LogP contribution in [-0.4, -0.2) is 71.6 Å². The van der Waals surface area contributed by atoms with Gasteiger partial charge in [-0.3, -0.25) is 10.4 Å². The number of nitrogen functional groups attached to an aromatic ring is 1. The number of carbonyl (C=O) groups is 1. The van der Waals surface area contributed by atoms with Crippen LogP contribution in [0.1, 0.15) is 21.6 Å². The van der Waals surface area contributed by atoms with Gasteiger partial charge < -0.3 is 34.9 Å². The van der Waals surface area contributed by atoms with Crippen molar-refractivity contribution in [3.63, 3.8) is 0 Å². The van der Waals surface area contributed by atoms with E-state index in [1.807, 2.05) is 0 Å². The molecule has 1 aliphatic rings. The van der Waals surface area contributed by atoms with Crippen molar-refractivity contribution in [3.05, 3.63) is 77.2 Å². The van der Waals surface area contributed by atoms with Gasteiger partial charge >= 0.3 is 5.97 Å². The molecule has 5 rings (SSSR count). The van der Waals surface area contributed by atoms with E-state index < -0.39 is 45.8 Å². The number of nitrogens with one attached hydrogen (secondary N) is 1. The SMILES string of the molecule is CN1CCN=C1c1cc(S(=O)c2ncc(C(=O)O)n2C)ccc1Oc1c(F)cnc(Oc2cc(C(=N)N)ccc2O)c1F. The summed E-state index contributed by atoms with van der Waals surface area (Å²) in [6, 6.07) is 7.93. The Kier molecular flexibility index (Phi) is 7.78. The highest BCUT2D eigenvalue weighted by atomic mass is 32.2. The van der Waals surface area contributed by atoms with Crippen molar-refractivity contribution in [2.75, 3.05) is 20.1 Å². The van der Waals surface area contributed by atoms with Crippen molar-refractivity contribution in [3.8, 4) is 28.9 Å². The van der Waals surface area contributed by atoms with Crippen LogP contribution in [0.15, 0.2) is 63.8 Å². The number of pyridine rings is 1. The number of aromatic nitrogens is 3. The molecule has 0 bridgehead atoms. The first-order valence-electron chi connectivity index (χ1n) is 12.4. The van der Waals surface area contributed by atoms with Crippen molar-refractivity contribution in [1.82, 2.24) is 19.4 Å². The van der Waals surface area contributed by atoms with Crippen LogP contribution in [0.3, 0.4) is 0 Å². The van der Waals surface area contributed by atoms with Gasteiger partial charge in [0.1, 0.15) is 33.9 Å². The molecule has 43 heavy (non-hydrogen) atoms. The predicted molar refractivity (Wildman–Crippen MR) is 149 cm³/mol. The lowest BCUT2D eigenvalue weighted by Crippen LogP contribution is -2.24. The summed E-state index contributed by atoms with van der Waals surface area (Å²) in [5.74, 6) is -6.01. The lowest BCUT2D eigenvalue weighted by molar-refractivity contribution is 0.0685. The maximum absolute atomic E-state index is 15.6. The Morgan fingerprint density at radius 1 is 1.09 bits per heavy atom. The average Bonchev–Trinajstić information content (AvgIpc) is 3.58. The number of likely N-dealkylation sites (N-methyl/N-ethyl adjacent to an activating group) is 1. The number of ether oxygens (including phenoxy) is 2. The van der Waals surface area contributed by atoms with E-state index in [0.717, 1.165) is 6.20 Å². The van der Waals surface area contributed by atoms with Crippen LogP contribution < -0.4 is 15.2 Å². The Morgan fingerprint density at radius 3 is 2.51 bits per heavy atom. The second kappa shape index (κ2) is 11.5. The highest BCUT2D eigenvalue weighted by molar-refractivity contribution is 7.85. The van der Waals surface area contributed by atoms with E-state index in [4.69, 9.17) is 20.6 Å². The minimum atomic E-state index is -1.94. The number of benzene rings is 2. The lowest BCUT2D eigenvalue weighted by Gasteiger charge is -2.19. The first kappa shape index (κ1) is 29.1. The maximum Gasteiger partial charge on any atom is 0.354 e. The van der Waals surface area contributed by atoms with E-state index in [-0.39, 0.29) is 44.2 Å². The molecule has 0 amide bonds. The van der Waals surface area contributed by atoms with Crippen LogP contribution >= 0.6 is 0 Å². The van der Waals surface area contributed by atoms with Gasteiger partial charge in [0.2, 0.25) is 16.7 Å². The van der Waals surface area contributed by atoms with Crippen LogP contribution in [-0.2, 0) is 17.8 Å². The number of imidazole rings is 1. The van der Waals surface area contributed by atoms with Crippen molar-refractivity contribution in [2.24, 2.45) is 17.8 Å². The molecule has 0 radical (unpaired) electrons. The van der Waals surface area contributed by atoms with E-state index in [9.17, 15) is 23.6 Å². The number of amidine groups is 2. The molecule has 2 aromatic heterocycles. The predicted octanol–water partition coefficient (Wildman–Crippen LogP) is 3.22. The van der Waals surface area contributed by atoms with E-state index in [2.05, 4.69) is 15.0 Å². The largest absolute Gasteiger partial charge is 0.504 e.